The lowest BCUT2D eigenvalue weighted by Gasteiger charge is -2.34. The van der Waals surface area contributed by atoms with Crippen molar-refractivity contribution in [3.8, 4) is 0 Å². The Labute approximate surface area is 167 Å². The van der Waals surface area contributed by atoms with Crippen LogP contribution in [0.15, 0.2) is 0 Å². The Bertz CT molecular complexity index is 449. The summed E-state index contributed by atoms with van der Waals surface area (Å²) in [6.45, 7) is 5.67. The van der Waals surface area contributed by atoms with Gasteiger partial charge in [-0.3, -0.25) is 9.59 Å². The quantitative estimate of drug-likeness (QED) is 0.602. The summed E-state index contributed by atoms with van der Waals surface area (Å²) in [5, 5.41) is 10.2. The minimum atomic E-state index is -0.463. The highest BCUT2D eigenvalue weighted by Gasteiger charge is 2.27. The molecule has 144 valence electrons. The maximum absolute atomic E-state index is 12.2. The summed E-state index contributed by atoms with van der Waals surface area (Å²) in [6, 6.07) is 0. The Morgan fingerprint density at radius 3 is 2.32 bits per heavy atom. The molecule has 3 aliphatic rings. The van der Waals surface area contributed by atoms with Gasteiger partial charge < -0.3 is 19.8 Å². The predicted molar refractivity (Wildman–Crippen MR) is 107 cm³/mol. The highest BCUT2D eigenvalue weighted by atomic mass is 127. The predicted octanol–water partition coefficient (Wildman–Crippen LogP) is 1.31. The van der Waals surface area contributed by atoms with Crippen molar-refractivity contribution in [2.45, 2.75) is 51.0 Å². The van der Waals surface area contributed by atoms with E-state index >= 15 is 0 Å². The molecule has 3 fully saturated rings. The standard InChI is InChI=1S/C18H31N3O3.HI/c22-16(14-21-9-3-4-17(21)23)13-19-10-5-15(6-11-19)12-18(24)20-7-1-2-8-20;/h15-16,22H,1-14H2;1H. The summed E-state index contributed by atoms with van der Waals surface area (Å²) in [4.78, 5) is 29.9. The summed E-state index contributed by atoms with van der Waals surface area (Å²) in [7, 11) is 0. The van der Waals surface area contributed by atoms with Gasteiger partial charge in [0, 0.05) is 45.6 Å². The lowest BCUT2D eigenvalue weighted by molar-refractivity contribution is -0.131. The minimum Gasteiger partial charge on any atom is -0.390 e. The maximum atomic E-state index is 12.2. The topological polar surface area (TPSA) is 64.1 Å². The van der Waals surface area contributed by atoms with Crippen LogP contribution < -0.4 is 0 Å². The number of aliphatic hydroxyl groups excluding tert-OH is 1. The van der Waals surface area contributed by atoms with E-state index in [1.165, 1.54) is 0 Å². The van der Waals surface area contributed by atoms with Crippen LogP contribution in [0.1, 0.15) is 44.9 Å². The Morgan fingerprint density at radius 1 is 1.04 bits per heavy atom. The second-order valence-electron chi connectivity index (χ2n) is 7.63. The van der Waals surface area contributed by atoms with Gasteiger partial charge in [0.25, 0.3) is 0 Å². The number of carbonyl (C=O) groups is 2. The number of halogens is 1. The van der Waals surface area contributed by atoms with Gasteiger partial charge >= 0.3 is 0 Å². The van der Waals surface area contributed by atoms with Gasteiger partial charge in [-0.15, -0.1) is 24.0 Å². The molecule has 3 saturated heterocycles. The van der Waals surface area contributed by atoms with Crippen molar-refractivity contribution in [1.82, 2.24) is 14.7 Å². The first kappa shape index (κ1) is 20.9. The van der Waals surface area contributed by atoms with Gasteiger partial charge in [-0.05, 0) is 51.1 Å². The Kier molecular flexibility index (Phi) is 8.41. The molecule has 3 heterocycles. The second-order valence-corrected chi connectivity index (χ2v) is 7.63. The van der Waals surface area contributed by atoms with Crippen molar-refractivity contribution < 1.29 is 14.7 Å². The van der Waals surface area contributed by atoms with Crippen LogP contribution in [0.2, 0.25) is 0 Å². The van der Waals surface area contributed by atoms with Crippen molar-refractivity contribution in [3.63, 3.8) is 0 Å². The lowest BCUT2D eigenvalue weighted by atomic mass is 9.93. The number of amides is 2. The molecule has 6 nitrogen and oxygen atoms in total. The SMILES string of the molecule is I.O=C(CC1CCN(CC(O)CN2CCCC2=O)CC1)N1CCCC1. The minimum absolute atomic E-state index is 0. The number of likely N-dealkylation sites (tertiary alicyclic amines) is 3. The molecule has 25 heavy (non-hydrogen) atoms. The zero-order chi connectivity index (χ0) is 16.9. The second kappa shape index (κ2) is 10.1. The zero-order valence-corrected chi connectivity index (χ0v) is 17.4. The van der Waals surface area contributed by atoms with Crippen molar-refractivity contribution in [2.24, 2.45) is 5.92 Å². The van der Waals surface area contributed by atoms with E-state index in [9.17, 15) is 14.7 Å². The molecule has 3 aliphatic heterocycles. The number of β-amino-alcohol motifs (C(OH)–C–C–N with tert-alkyl or cyclic N) is 1. The van der Waals surface area contributed by atoms with Gasteiger partial charge in [0.2, 0.25) is 11.8 Å². The van der Waals surface area contributed by atoms with E-state index in [0.29, 0.717) is 37.8 Å². The largest absolute Gasteiger partial charge is 0.390 e. The number of nitrogens with zero attached hydrogens (tertiary/aromatic N) is 3. The molecule has 0 aliphatic carbocycles. The van der Waals surface area contributed by atoms with Gasteiger partial charge in [-0.25, -0.2) is 0 Å². The highest BCUT2D eigenvalue weighted by molar-refractivity contribution is 14.0. The molecule has 0 spiro atoms. The Morgan fingerprint density at radius 2 is 1.72 bits per heavy atom. The molecule has 1 atom stereocenters. The van der Waals surface area contributed by atoms with E-state index in [2.05, 4.69) is 4.90 Å². The molecule has 7 heteroatoms. The number of rotatable bonds is 6. The van der Waals surface area contributed by atoms with Crippen molar-refractivity contribution in [3.05, 3.63) is 0 Å². The number of hydrogen-bond donors (Lipinski definition) is 1. The summed E-state index contributed by atoms with van der Waals surface area (Å²) in [6.07, 6.45) is 6.16. The molecular formula is C18H32IN3O3. The molecule has 0 aromatic heterocycles. The molecule has 3 rings (SSSR count). The molecule has 0 saturated carbocycles. The third kappa shape index (κ3) is 6.06. The monoisotopic (exact) mass is 465 g/mol. The van der Waals surface area contributed by atoms with Crippen LogP contribution in [0.5, 0.6) is 0 Å². The smallest absolute Gasteiger partial charge is 0.222 e. The first-order chi connectivity index (χ1) is 11.6. The van der Waals surface area contributed by atoms with Crippen LogP contribution in [0.25, 0.3) is 0 Å². The third-order valence-electron chi connectivity index (χ3n) is 5.70. The fourth-order valence-corrected chi connectivity index (χ4v) is 4.22. The number of piperidine rings is 1. The van der Waals surface area contributed by atoms with Gasteiger partial charge in [0.1, 0.15) is 0 Å². The van der Waals surface area contributed by atoms with Crippen LogP contribution in [-0.2, 0) is 9.59 Å². The lowest BCUT2D eigenvalue weighted by Crippen LogP contribution is -2.44. The molecule has 0 aromatic rings. The molecule has 0 bridgehead atoms. The molecular weight excluding hydrogens is 433 g/mol. The van der Waals surface area contributed by atoms with Crippen LogP contribution in [0, 0.1) is 5.92 Å². The third-order valence-corrected chi connectivity index (χ3v) is 5.70. The van der Waals surface area contributed by atoms with E-state index in [0.717, 1.165) is 64.8 Å². The van der Waals surface area contributed by atoms with Crippen LogP contribution >= 0.6 is 24.0 Å². The van der Waals surface area contributed by atoms with Gasteiger partial charge in [0.05, 0.1) is 6.10 Å². The van der Waals surface area contributed by atoms with E-state index in [1.54, 1.807) is 4.90 Å². The summed E-state index contributed by atoms with van der Waals surface area (Å²) < 4.78 is 0. The average molecular weight is 465 g/mol. The molecule has 1 unspecified atom stereocenters. The molecule has 0 radical (unpaired) electrons. The van der Waals surface area contributed by atoms with Crippen molar-refractivity contribution in [2.75, 3.05) is 45.8 Å². The Hall–Kier alpha value is -0.410. The number of carbonyl (C=O) groups excluding carboxylic acids is 2. The first-order valence-electron chi connectivity index (χ1n) is 9.58. The summed E-state index contributed by atoms with van der Waals surface area (Å²) >= 11 is 0. The van der Waals surface area contributed by atoms with Crippen LogP contribution in [0.3, 0.4) is 0 Å². The van der Waals surface area contributed by atoms with E-state index < -0.39 is 6.10 Å². The normalized spacial score (nSPS) is 23.8. The van der Waals surface area contributed by atoms with E-state index in [-0.39, 0.29) is 29.9 Å². The van der Waals surface area contributed by atoms with Gasteiger partial charge in [-0.2, -0.15) is 0 Å². The fourth-order valence-electron chi connectivity index (χ4n) is 4.22. The van der Waals surface area contributed by atoms with E-state index in [4.69, 9.17) is 0 Å². The van der Waals surface area contributed by atoms with Gasteiger partial charge in [0.15, 0.2) is 0 Å². The van der Waals surface area contributed by atoms with Crippen LogP contribution in [0.4, 0.5) is 0 Å². The Balaban J connectivity index is 0.00000225. The fraction of sp³-hybridized carbons (Fsp3) is 0.889. The summed E-state index contributed by atoms with van der Waals surface area (Å²) in [5.74, 6) is 0.998. The molecule has 1 N–H and O–H groups in total. The van der Waals surface area contributed by atoms with E-state index in [1.807, 2.05) is 4.90 Å². The molecule has 2 amide bonds. The highest BCUT2D eigenvalue weighted by Crippen LogP contribution is 2.23. The number of aliphatic hydroxyl groups is 1. The number of hydrogen-bond acceptors (Lipinski definition) is 4. The van der Waals surface area contributed by atoms with Crippen LogP contribution in [-0.4, -0.2) is 83.5 Å². The zero-order valence-electron chi connectivity index (χ0n) is 15.1. The van der Waals surface area contributed by atoms with Gasteiger partial charge in [-0.1, -0.05) is 0 Å². The average Bonchev–Trinajstić information content (AvgIpc) is 3.22. The van der Waals surface area contributed by atoms with Crippen molar-refractivity contribution in [1.29, 1.82) is 0 Å². The first-order valence-corrected chi connectivity index (χ1v) is 9.58. The summed E-state index contributed by atoms with van der Waals surface area (Å²) in [5.41, 5.74) is 0. The van der Waals surface area contributed by atoms with Crippen molar-refractivity contribution >= 4 is 35.8 Å². The molecule has 0 aromatic carbocycles. The maximum Gasteiger partial charge on any atom is 0.222 e.